The molecular weight excluding hydrogens is 466 g/mol. The van der Waals surface area contributed by atoms with E-state index in [0.29, 0.717) is 37.3 Å². The van der Waals surface area contributed by atoms with Gasteiger partial charge < -0.3 is 29.5 Å². The summed E-state index contributed by atoms with van der Waals surface area (Å²) in [5, 5.41) is 14.7. The third-order valence-corrected chi connectivity index (χ3v) is 7.62. The Morgan fingerprint density at radius 2 is 1.89 bits per heavy atom. The van der Waals surface area contributed by atoms with Crippen LogP contribution in [0.15, 0.2) is 18.2 Å². The van der Waals surface area contributed by atoms with Gasteiger partial charge in [-0.1, -0.05) is 33.8 Å². The maximum absolute atomic E-state index is 14.0. The van der Waals surface area contributed by atoms with Crippen molar-refractivity contribution in [2.24, 2.45) is 11.8 Å². The van der Waals surface area contributed by atoms with Gasteiger partial charge in [-0.2, -0.15) is 0 Å². The SMILES string of the molecule is COc1ccc(CCNC(=O)[C@]2(C(C)C)O[C@@]3(O)[C@@H]4CCCN4C(=O)[C@H](C(C)C)N3C2=O)cc1OC. The number of amides is 3. The first kappa shape index (κ1) is 26.2. The molecule has 198 valence electrons. The number of benzene rings is 1. The highest BCUT2D eigenvalue weighted by Gasteiger charge is 2.73. The number of piperazine rings is 1. The Morgan fingerprint density at radius 3 is 2.50 bits per heavy atom. The summed E-state index contributed by atoms with van der Waals surface area (Å²) in [6.45, 7) is 7.81. The van der Waals surface area contributed by atoms with Gasteiger partial charge in [0.1, 0.15) is 12.1 Å². The molecule has 0 aromatic heterocycles. The average molecular weight is 504 g/mol. The van der Waals surface area contributed by atoms with Crippen LogP contribution in [0.4, 0.5) is 0 Å². The van der Waals surface area contributed by atoms with Crippen LogP contribution in [0.3, 0.4) is 0 Å². The molecule has 2 N–H and O–H groups in total. The lowest BCUT2D eigenvalue weighted by Gasteiger charge is -2.50. The van der Waals surface area contributed by atoms with Crippen molar-refractivity contribution in [1.29, 1.82) is 0 Å². The highest BCUT2D eigenvalue weighted by molar-refractivity contribution is 6.11. The minimum Gasteiger partial charge on any atom is -0.493 e. The second-order valence-corrected chi connectivity index (χ2v) is 10.4. The summed E-state index contributed by atoms with van der Waals surface area (Å²) in [6, 6.07) is 3.89. The van der Waals surface area contributed by atoms with Crippen LogP contribution in [0.1, 0.15) is 46.1 Å². The van der Waals surface area contributed by atoms with E-state index in [1.807, 2.05) is 26.0 Å². The average Bonchev–Trinajstić information content (AvgIpc) is 3.43. The molecule has 3 aliphatic heterocycles. The molecule has 1 aromatic rings. The van der Waals surface area contributed by atoms with Crippen LogP contribution in [0, 0.1) is 11.8 Å². The fourth-order valence-corrected chi connectivity index (χ4v) is 5.75. The Labute approximate surface area is 211 Å². The predicted octanol–water partition coefficient (Wildman–Crippen LogP) is 1.29. The van der Waals surface area contributed by atoms with Crippen molar-refractivity contribution in [3.05, 3.63) is 23.8 Å². The molecule has 10 nitrogen and oxygen atoms in total. The van der Waals surface area contributed by atoms with E-state index in [9.17, 15) is 19.5 Å². The summed E-state index contributed by atoms with van der Waals surface area (Å²) in [5.74, 6) is -3.21. The number of carbonyl (C=O) groups excluding carboxylic acids is 3. The maximum atomic E-state index is 14.0. The smallest absolute Gasteiger partial charge is 0.275 e. The van der Waals surface area contributed by atoms with Crippen molar-refractivity contribution in [2.45, 2.75) is 70.6 Å². The highest BCUT2D eigenvalue weighted by atomic mass is 16.7. The molecule has 36 heavy (non-hydrogen) atoms. The lowest BCUT2D eigenvalue weighted by molar-refractivity contribution is -0.316. The van der Waals surface area contributed by atoms with Crippen LogP contribution in [0.5, 0.6) is 11.5 Å². The fraction of sp³-hybridized carbons (Fsp3) is 0.654. The van der Waals surface area contributed by atoms with Gasteiger partial charge >= 0.3 is 0 Å². The summed E-state index contributed by atoms with van der Waals surface area (Å²) < 4.78 is 16.8. The molecule has 3 heterocycles. The molecule has 0 bridgehead atoms. The topological polar surface area (TPSA) is 118 Å². The molecule has 3 saturated heterocycles. The first-order valence-electron chi connectivity index (χ1n) is 12.6. The molecule has 3 amide bonds. The standard InChI is InChI=1S/C26H37N3O7/c1-15(2)21-22(30)28-13-7-8-20(28)26(33)29(21)24(32)25(36-26,16(3)4)23(31)27-12-11-17-9-10-18(34-5)19(14-17)35-6/h9-10,14-16,20-21,33H,7-8,11-13H2,1-6H3,(H,27,31)/t20-,21-,25-,26-/m0/s1. The van der Waals surface area contributed by atoms with E-state index in [0.717, 1.165) is 10.5 Å². The fourth-order valence-electron chi connectivity index (χ4n) is 5.75. The van der Waals surface area contributed by atoms with Crippen molar-refractivity contribution < 1.29 is 33.7 Å². The Morgan fingerprint density at radius 1 is 1.19 bits per heavy atom. The van der Waals surface area contributed by atoms with Crippen LogP contribution >= 0.6 is 0 Å². The monoisotopic (exact) mass is 503 g/mol. The largest absolute Gasteiger partial charge is 0.493 e. The first-order chi connectivity index (χ1) is 17.0. The number of ether oxygens (including phenoxy) is 3. The third kappa shape index (κ3) is 3.82. The molecule has 1 aromatic carbocycles. The number of rotatable bonds is 8. The van der Waals surface area contributed by atoms with Crippen LogP contribution in [0.25, 0.3) is 0 Å². The predicted molar refractivity (Wildman–Crippen MR) is 130 cm³/mol. The molecule has 0 radical (unpaired) electrons. The number of nitrogens with one attached hydrogen (secondary N) is 1. The lowest BCUT2D eigenvalue weighted by Crippen LogP contribution is -2.72. The van der Waals surface area contributed by atoms with Crippen LogP contribution < -0.4 is 14.8 Å². The van der Waals surface area contributed by atoms with Gasteiger partial charge in [0, 0.05) is 19.0 Å². The molecule has 3 aliphatic rings. The van der Waals surface area contributed by atoms with Crippen molar-refractivity contribution in [1.82, 2.24) is 15.1 Å². The highest BCUT2D eigenvalue weighted by Crippen LogP contribution is 2.49. The summed E-state index contributed by atoms with van der Waals surface area (Å²) in [6.07, 6.45) is 1.67. The van der Waals surface area contributed by atoms with E-state index in [2.05, 4.69) is 5.32 Å². The van der Waals surface area contributed by atoms with Crippen LogP contribution in [-0.4, -0.2) is 83.5 Å². The second kappa shape index (κ2) is 9.55. The minimum absolute atomic E-state index is 0.206. The maximum Gasteiger partial charge on any atom is 0.275 e. The van der Waals surface area contributed by atoms with E-state index < -0.39 is 41.3 Å². The molecule has 0 aliphatic carbocycles. The van der Waals surface area contributed by atoms with E-state index in [1.165, 1.54) is 0 Å². The van der Waals surface area contributed by atoms with Crippen molar-refractivity contribution in [2.75, 3.05) is 27.3 Å². The Balaban J connectivity index is 1.59. The summed E-state index contributed by atoms with van der Waals surface area (Å²) in [7, 11) is 3.12. The zero-order chi connectivity index (χ0) is 26.4. The number of aliphatic hydroxyl groups is 1. The minimum atomic E-state index is -2.05. The molecule has 3 fully saturated rings. The Kier molecular flexibility index (Phi) is 6.96. The van der Waals surface area contributed by atoms with Gasteiger partial charge in [0.2, 0.25) is 11.5 Å². The third-order valence-electron chi connectivity index (χ3n) is 7.62. The van der Waals surface area contributed by atoms with E-state index in [1.54, 1.807) is 39.0 Å². The molecule has 4 atom stereocenters. The molecule has 4 rings (SSSR count). The van der Waals surface area contributed by atoms with Gasteiger partial charge in [-0.05, 0) is 42.9 Å². The molecule has 0 unspecified atom stereocenters. The van der Waals surface area contributed by atoms with E-state index >= 15 is 0 Å². The van der Waals surface area contributed by atoms with Gasteiger partial charge in [-0.3, -0.25) is 19.3 Å². The van der Waals surface area contributed by atoms with Crippen molar-refractivity contribution in [3.8, 4) is 11.5 Å². The zero-order valence-corrected chi connectivity index (χ0v) is 21.9. The Hall–Kier alpha value is -2.85. The number of nitrogens with zero attached hydrogens (tertiary/aromatic N) is 2. The van der Waals surface area contributed by atoms with Gasteiger partial charge in [0.05, 0.1) is 14.2 Å². The number of methoxy groups -OCH3 is 2. The number of carbonyl (C=O) groups is 3. The summed E-state index contributed by atoms with van der Waals surface area (Å²) >= 11 is 0. The number of hydrogen-bond donors (Lipinski definition) is 2. The first-order valence-corrected chi connectivity index (χ1v) is 12.6. The van der Waals surface area contributed by atoms with Crippen LogP contribution in [-0.2, 0) is 25.5 Å². The van der Waals surface area contributed by atoms with E-state index in [4.69, 9.17) is 14.2 Å². The van der Waals surface area contributed by atoms with Gasteiger partial charge in [-0.15, -0.1) is 0 Å². The Bertz CT molecular complexity index is 1040. The lowest BCUT2D eigenvalue weighted by atomic mass is 9.87. The van der Waals surface area contributed by atoms with E-state index in [-0.39, 0.29) is 18.4 Å². The van der Waals surface area contributed by atoms with Gasteiger partial charge in [0.25, 0.3) is 17.7 Å². The molecule has 0 spiro atoms. The molecule has 0 saturated carbocycles. The molecular formula is C26H37N3O7. The normalized spacial score (nSPS) is 29.6. The quantitative estimate of drug-likeness (QED) is 0.514. The van der Waals surface area contributed by atoms with Crippen molar-refractivity contribution in [3.63, 3.8) is 0 Å². The zero-order valence-electron chi connectivity index (χ0n) is 21.9. The second-order valence-electron chi connectivity index (χ2n) is 10.4. The number of fused-ring (bicyclic) bond motifs is 3. The summed E-state index contributed by atoms with van der Waals surface area (Å²) in [5.41, 5.74) is -1.04. The van der Waals surface area contributed by atoms with Gasteiger partial charge in [0.15, 0.2) is 11.5 Å². The van der Waals surface area contributed by atoms with Crippen molar-refractivity contribution >= 4 is 17.7 Å². The molecule has 10 heteroatoms. The van der Waals surface area contributed by atoms with Crippen LogP contribution in [0.2, 0.25) is 0 Å². The number of hydrogen-bond acceptors (Lipinski definition) is 7. The van der Waals surface area contributed by atoms with Gasteiger partial charge in [-0.25, -0.2) is 0 Å². The summed E-state index contributed by atoms with van der Waals surface area (Å²) in [4.78, 5) is 43.7.